The molecule has 2 N–H and O–H groups in total. The number of rotatable bonds is 12. The fourth-order valence-electron chi connectivity index (χ4n) is 3.37. The van der Waals surface area contributed by atoms with Gasteiger partial charge in [-0.15, -0.1) is 0 Å². The van der Waals surface area contributed by atoms with Crippen LogP contribution < -0.4 is 4.74 Å². The summed E-state index contributed by atoms with van der Waals surface area (Å²) in [4.78, 5) is 22.6. The molecule has 0 radical (unpaired) electrons. The molecule has 0 amide bonds. The maximum atomic E-state index is 12.1. The third-order valence-corrected chi connectivity index (χ3v) is 4.78. The van der Waals surface area contributed by atoms with Crippen molar-refractivity contribution in [1.82, 2.24) is 0 Å². The average Bonchev–Trinajstić information content (AvgIpc) is 3.24. The predicted molar refractivity (Wildman–Crippen MR) is 95.9 cm³/mol. The number of furan rings is 1. The summed E-state index contributed by atoms with van der Waals surface area (Å²) in [5.41, 5.74) is 0. The topological polar surface area (TPSA) is 97.0 Å². The summed E-state index contributed by atoms with van der Waals surface area (Å²) < 4.78 is 10.4. The average molecular weight is 364 g/mol. The van der Waals surface area contributed by atoms with E-state index in [-0.39, 0.29) is 24.9 Å². The number of allylic oxidation sites excluding steroid dienone is 1. The van der Waals surface area contributed by atoms with E-state index in [4.69, 9.17) is 14.3 Å². The van der Waals surface area contributed by atoms with Gasteiger partial charge < -0.3 is 19.4 Å². The summed E-state index contributed by atoms with van der Waals surface area (Å²) >= 11 is 0. The molecule has 144 valence electrons. The zero-order valence-electron chi connectivity index (χ0n) is 15.0. The van der Waals surface area contributed by atoms with E-state index in [9.17, 15) is 14.7 Å². The number of Topliss-reactive ketones (excluding diaryl/α,β-unsaturated/α-hetero) is 1. The maximum absolute atomic E-state index is 12.1. The van der Waals surface area contributed by atoms with E-state index in [1.54, 1.807) is 18.2 Å². The van der Waals surface area contributed by atoms with Crippen LogP contribution in [0.15, 0.2) is 35.0 Å². The molecule has 26 heavy (non-hydrogen) atoms. The smallest absolute Gasteiger partial charge is 0.303 e. The van der Waals surface area contributed by atoms with E-state index in [1.165, 1.54) is 6.26 Å². The molecule has 2 rings (SSSR count). The van der Waals surface area contributed by atoms with Gasteiger partial charge in [-0.1, -0.05) is 31.4 Å². The van der Waals surface area contributed by atoms with E-state index < -0.39 is 12.1 Å². The number of unbranched alkanes of at least 4 members (excludes halogenated alkanes) is 3. The van der Waals surface area contributed by atoms with Gasteiger partial charge in [0.05, 0.1) is 6.26 Å². The molecular weight excluding hydrogens is 336 g/mol. The lowest BCUT2D eigenvalue weighted by Gasteiger charge is -2.15. The van der Waals surface area contributed by atoms with Crippen LogP contribution >= 0.6 is 0 Å². The Kier molecular flexibility index (Phi) is 8.41. The molecular formula is C20H28O6. The van der Waals surface area contributed by atoms with Crippen molar-refractivity contribution < 1.29 is 29.0 Å². The Balaban J connectivity index is 1.69. The van der Waals surface area contributed by atoms with Gasteiger partial charge in [0.25, 0.3) is 5.95 Å². The van der Waals surface area contributed by atoms with Crippen LogP contribution in [0.3, 0.4) is 0 Å². The van der Waals surface area contributed by atoms with Crippen LogP contribution in [0.25, 0.3) is 0 Å². The molecule has 0 aliphatic heterocycles. The zero-order valence-corrected chi connectivity index (χ0v) is 15.0. The van der Waals surface area contributed by atoms with Gasteiger partial charge in [0, 0.05) is 24.8 Å². The summed E-state index contributed by atoms with van der Waals surface area (Å²) in [7, 11) is 0. The number of carbonyl (C=O) groups is 2. The van der Waals surface area contributed by atoms with Crippen LogP contribution in [0, 0.1) is 11.8 Å². The van der Waals surface area contributed by atoms with E-state index in [1.807, 2.05) is 6.08 Å². The highest BCUT2D eigenvalue weighted by Gasteiger charge is 2.32. The largest absolute Gasteiger partial charge is 0.481 e. The highest BCUT2D eigenvalue weighted by Crippen LogP contribution is 2.34. The molecule has 1 aromatic heterocycles. The first-order chi connectivity index (χ1) is 12.6. The van der Waals surface area contributed by atoms with Crippen molar-refractivity contribution in [2.75, 3.05) is 6.61 Å². The Morgan fingerprint density at radius 1 is 1.35 bits per heavy atom. The normalized spacial score (nSPS) is 21.3. The number of aliphatic hydroxyl groups excluding tert-OH is 1. The highest BCUT2D eigenvalue weighted by molar-refractivity contribution is 5.83. The van der Waals surface area contributed by atoms with Crippen LogP contribution in [-0.2, 0) is 9.59 Å². The van der Waals surface area contributed by atoms with Gasteiger partial charge in [0.2, 0.25) is 0 Å². The lowest BCUT2D eigenvalue weighted by Crippen LogP contribution is -2.17. The van der Waals surface area contributed by atoms with Crippen molar-refractivity contribution in [3.05, 3.63) is 30.5 Å². The first-order valence-corrected chi connectivity index (χ1v) is 9.33. The Morgan fingerprint density at radius 2 is 2.15 bits per heavy atom. The van der Waals surface area contributed by atoms with Crippen LogP contribution in [0.5, 0.6) is 5.95 Å². The third-order valence-electron chi connectivity index (χ3n) is 4.78. The van der Waals surface area contributed by atoms with E-state index >= 15 is 0 Å². The molecule has 0 saturated heterocycles. The van der Waals surface area contributed by atoms with Crippen molar-refractivity contribution in [1.29, 1.82) is 0 Å². The maximum Gasteiger partial charge on any atom is 0.303 e. The van der Waals surface area contributed by atoms with Gasteiger partial charge in [-0.3, -0.25) is 9.59 Å². The monoisotopic (exact) mass is 364 g/mol. The fraction of sp³-hybridized carbons (Fsp3) is 0.600. The molecule has 0 spiro atoms. The Bertz CT molecular complexity index is 577. The van der Waals surface area contributed by atoms with Crippen molar-refractivity contribution in [3.8, 4) is 5.95 Å². The molecule has 1 aliphatic rings. The van der Waals surface area contributed by atoms with Gasteiger partial charge in [-0.05, 0) is 31.2 Å². The van der Waals surface area contributed by atoms with Crippen LogP contribution in [0.1, 0.15) is 51.4 Å². The van der Waals surface area contributed by atoms with Crippen molar-refractivity contribution in [2.24, 2.45) is 11.8 Å². The van der Waals surface area contributed by atoms with Crippen molar-refractivity contribution in [2.45, 2.75) is 57.5 Å². The summed E-state index contributed by atoms with van der Waals surface area (Å²) in [5.74, 6) is 0.0974. The molecule has 6 nitrogen and oxygen atoms in total. The molecule has 1 aromatic rings. The number of ketones is 1. The summed E-state index contributed by atoms with van der Waals surface area (Å²) in [6.07, 6.45) is 10.3. The molecule has 1 fully saturated rings. The van der Waals surface area contributed by atoms with Gasteiger partial charge in [0.15, 0.2) is 0 Å². The van der Waals surface area contributed by atoms with Gasteiger partial charge >= 0.3 is 5.97 Å². The second-order valence-electron chi connectivity index (χ2n) is 6.82. The fourth-order valence-corrected chi connectivity index (χ4v) is 3.37. The van der Waals surface area contributed by atoms with Gasteiger partial charge in [-0.2, -0.15) is 0 Å². The lowest BCUT2D eigenvalue weighted by atomic mass is 9.89. The molecule has 0 unspecified atom stereocenters. The number of carbonyl (C=O) groups excluding carboxylic acids is 1. The molecule has 1 saturated carbocycles. The van der Waals surface area contributed by atoms with Crippen molar-refractivity contribution >= 4 is 11.8 Å². The second kappa shape index (κ2) is 10.8. The highest BCUT2D eigenvalue weighted by atomic mass is 16.6. The molecule has 3 atom stereocenters. The van der Waals surface area contributed by atoms with Gasteiger partial charge in [0.1, 0.15) is 18.5 Å². The predicted octanol–water partition coefficient (Wildman–Crippen LogP) is 3.60. The molecule has 0 aromatic carbocycles. The summed E-state index contributed by atoms with van der Waals surface area (Å²) in [6, 6.07) is 3.40. The van der Waals surface area contributed by atoms with E-state index in [0.717, 1.165) is 32.1 Å². The lowest BCUT2D eigenvalue weighted by molar-refractivity contribution is -0.137. The number of hydrogen-bond acceptors (Lipinski definition) is 5. The number of aliphatic hydroxyl groups is 1. The minimum absolute atomic E-state index is 0.0175. The van der Waals surface area contributed by atoms with Crippen LogP contribution in [0.2, 0.25) is 0 Å². The molecule has 6 heteroatoms. The van der Waals surface area contributed by atoms with Crippen LogP contribution in [0.4, 0.5) is 0 Å². The Labute approximate surface area is 153 Å². The van der Waals surface area contributed by atoms with E-state index in [2.05, 4.69) is 0 Å². The first-order valence-electron chi connectivity index (χ1n) is 9.33. The van der Waals surface area contributed by atoms with E-state index in [0.29, 0.717) is 24.6 Å². The number of aliphatic carboxylic acids is 1. The number of hydrogen-bond donors (Lipinski definition) is 2. The number of carboxylic acids is 1. The van der Waals surface area contributed by atoms with Gasteiger partial charge in [-0.25, -0.2) is 0 Å². The van der Waals surface area contributed by atoms with Crippen molar-refractivity contribution in [3.63, 3.8) is 0 Å². The molecule has 0 bridgehead atoms. The number of ether oxygens (including phenoxy) is 1. The Morgan fingerprint density at radius 3 is 2.88 bits per heavy atom. The quantitative estimate of drug-likeness (QED) is 0.434. The minimum atomic E-state index is -0.754. The second-order valence-corrected chi connectivity index (χ2v) is 6.82. The minimum Gasteiger partial charge on any atom is -0.481 e. The summed E-state index contributed by atoms with van der Waals surface area (Å²) in [6.45, 7) is 0.110. The first kappa shape index (κ1) is 20.2. The molecule has 1 aliphatic carbocycles. The summed E-state index contributed by atoms with van der Waals surface area (Å²) in [5, 5.41) is 18.6. The standard InChI is InChI=1S/C20H28O6/c21-16(14-26-20-8-5-13-25-20)11-9-15-10-12-18(22)17(15)6-3-1-2-4-7-19(23)24/h5,8-9,11,13,15-17,21H,1-4,6-7,10,12,14H2,(H,23,24)/b11-9+/t15-,16+,17+/m0/s1. The molecule has 1 heterocycles. The Hall–Kier alpha value is -2.08. The zero-order chi connectivity index (χ0) is 18.8. The SMILES string of the molecule is O=C(O)CCCCCC[C@H]1C(=O)CC[C@@H]1/C=C/[C@@H](O)COc1ccco1. The third kappa shape index (κ3) is 7.04. The number of carboxylic acid groups (broad SMARTS) is 1. The van der Waals surface area contributed by atoms with Crippen LogP contribution in [-0.4, -0.2) is 34.7 Å².